The summed E-state index contributed by atoms with van der Waals surface area (Å²) >= 11 is 0. The maximum atomic E-state index is 12.4. The van der Waals surface area contributed by atoms with Crippen LogP contribution in [0.4, 0.5) is 5.95 Å². The van der Waals surface area contributed by atoms with E-state index in [-0.39, 0.29) is 11.9 Å². The van der Waals surface area contributed by atoms with Gasteiger partial charge in [-0.05, 0) is 25.5 Å². The molecule has 8 nitrogen and oxygen atoms in total. The zero-order valence-corrected chi connectivity index (χ0v) is 13.0. The van der Waals surface area contributed by atoms with Crippen molar-refractivity contribution in [1.29, 1.82) is 0 Å². The van der Waals surface area contributed by atoms with E-state index >= 15 is 0 Å². The lowest BCUT2D eigenvalue weighted by molar-refractivity contribution is 0.102. The van der Waals surface area contributed by atoms with Crippen molar-refractivity contribution in [2.75, 3.05) is 5.32 Å². The first-order valence-electron chi connectivity index (χ1n) is 7.36. The second-order valence-electron chi connectivity index (χ2n) is 5.03. The summed E-state index contributed by atoms with van der Waals surface area (Å²) < 4.78 is 3.32. The third-order valence-electron chi connectivity index (χ3n) is 3.34. The minimum Gasteiger partial charge on any atom is -0.289 e. The summed E-state index contributed by atoms with van der Waals surface area (Å²) in [6.45, 7) is 4.63. The van der Waals surface area contributed by atoms with Gasteiger partial charge in [0.15, 0.2) is 5.82 Å². The van der Waals surface area contributed by atoms with Gasteiger partial charge in [-0.1, -0.05) is 13.0 Å². The van der Waals surface area contributed by atoms with Crippen molar-refractivity contribution in [1.82, 2.24) is 29.5 Å². The second kappa shape index (κ2) is 6.39. The summed E-state index contributed by atoms with van der Waals surface area (Å²) in [6, 6.07) is 5.53. The summed E-state index contributed by atoms with van der Waals surface area (Å²) in [5, 5.41) is 11.1. The SMILES string of the molecule is CCCn1cnc(NC(=O)c2cnn(-c3ccccn3)c2C)n1. The Morgan fingerprint density at radius 1 is 1.30 bits per heavy atom. The molecule has 118 valence electrons. The third kappa shape index (κ3) is 3.10. The number of aromatic nitrogens is 6. The van der Waals surface area contributed by atoms with Gasteiger partial charge in [-0.3, -0.25) is 14.8 Å². The van der Waals surface area contributed by atoms with Crippen LogP contribution in [0.2, 0.25) is 0 Å². The number of anilines is 1. The molecule has 0 spiro atoms. The van der Waals surface area contributed by atoms with E-state index in [0.29, 0.717) is 17.1 Å². The van der Waals surface area contributed by atoms with E-state index in [2.05, 4.69) is 32.4 Å². The van der Waals surface area contributed by atoms with Crippen LogP contribution in [-0.2, 0) is 6.54 Å². The van der Waals surface area contributed by atoms with E-state index in [4.69, 9.17) is 0 Å². The van der Waals surface area contributed by atoms with Crippen molar-refractivity contribution in [2.24, 2.45) is 0 Å². The Labute approximate surface area is 133 Å². The van der Waals surface area contributed by atoms with Gasteiger partial charge in [-0.2, -0.15) is 5.10 Å². The van der Waals surface area contributed by atoms with Crippen LogP contribution in [-0.4, -0.2) is 35.4 Å². The van der Waals surface area contributed by atoms with E-state index in [0.717, 1.165) is 13.0 Å². The molecule has 0 aliphatic rings. The number of carbonyl (C=O) groups is 1. The molecule has 0 atom stereocenters. The molecule has 0 saturated carbocycles. The van der Waals surface area contributed by atoms with Gasteiger partial charge in [-0.25, -0.2) is 14.6 Å². The summed E-state index contributed by atoms with van der Waals surface area (Å²) in [6.07, 6.45) is 5.75. The number of carbonyl (C=O) groups excluding carboxylic acids is 1. The van der Waals surface area contributed by atoms with Crippen LogP contribution in [0.1, 0.15) is 29.4 Å². The highest BCUT2D eigenvalue weighted by molar-refractivity contribution is 6.04. The largest absolute Gasteiger partial charge is 0.289 e. The van der Waals surface area contributed by atoms with Crippen molar-refractivity contribution in [2.45, 2.75) is 26.8 Å². The first-order chi connectivity index (χ1) is 11.2. The zero-order valence-electron chi connectivity index (χ0n) is 13.0. The lowest BCUT2D eigenvalue weighted by Crippen LogP contribution is -2.14. The second-order valence-corrected chi connectivity index (χ2v) is 5.03. The van der Waals surface area contributed by atoms with E-state index in [1.165, 1.54) is 6.20 Å². The molecule has 3 rings (SSSR count). The van der Waals surface area contributed by atoms with Gasteiger partial charge in [0.05, 0.1) is 17.5 Å². The number of hydrogen-bond acceptors (Lipinski definition) is 5. The fourth-order valence-corrected chi connectivity index (χ4v) is 2.20. The Hall–Kier alpha value is -3.03. The monoisotopic (exact) mass is 311 g/mol. The molecule has 0 aromatic carbocycles. The van der Waals surface area contributed by atoms with Crippen LogP contribution >= 0.6 is 0 Å². The number of pyridine rings is 1. The Bertz CT molecular complexity index is 806. The van der Waals surface area contributed by atoms with Gasteiger partial charge in [-0.15, -0.1) is 5.10 Å². The van der Waals surface area contributed by atoms with Crippen molar-refractivity contribution in [3.8, 4) is 5.82 Å². The molecule has 0 bridgehead atoms. The molecule has 3 aromatic rings. The molecule has 3 aromatic heterocycles. The zero-order chi connectivity index (χ0) is 16.2. The molecule has 8 heteroatoms. The molecule has 0 aliphatic carbocycles. The number of nitrogens with one attached hydrogen (secondary N) is 1. The molecule has 3 heterocycles. The van der Waals surface area contributed by atoms with Crippen LogP contribution in [0.15, 0.2) is 36.9 Å². The maximum absolute atomic E-state index is 12.4. The molecule has 0 aliphatic heterocycles. The van der Waals surface area contributed by atoms with Gasteiger partial charge in [0, 0.05) is 12.7 Å². The van der Waals surface area contributed by atoms with Crippen molar-refractivity contribution in [3.63, 3.8) is 0 Å². The molecular weight excluding hydrogens is 294 g/mol. The van der Waals surface area contributed by atoms with E-state index < -0.39 is 0 Å². The summed E-state index contributed by atoms with van der Waals surface area (Å²) in [4.78, 5) is 20.7. The highest BCUT2D eigenvalue weighted by atomic mass is 16.1. The highest BCUT2D eigenvalue weighted by Crippen LogP contribution is 2.13. The first-order valence-corrected chi connectivity index (χ1v) is 7.36. The van der Waals surface area contributed by atoms with Crippen LogP contribution in [0, 0.1) is 6.92 Å². The first kappa shape index (κ1) is 14.9. The Morgan fingerprint density at radius 2 is 2.17 bits per heavy atom. The van der Waals surface area contributed by atoms with Gasteiger partial charge >= 0.3 is 0 Å². The molecular formula is C15H17N7O. The van der Waals surface area contributed by atoms with Crippen LogP contribution in [0.5, 0.6) is 0 Å². The summed E-state index contributed by atoms with van der Waals surface area (Å²) in [7, 11) is 0. The smallest absolute Gasteiger partial charge is 0.261 e. The fourth-order valence-electron chi connectivity index (χ4n) is 2.20. The fraction of sp³-hybridized carbons (Fsp3) is 0.267. The van der Waals surface area contributed by atoms with E-state index in [1.807, 2.05) is 25.1 Å². The standard InChI is InChI=1S/C15H17N7O/c1-3-8-21-10-17-15(20-21)19-14(23)12-9-18-22(11(12)2)13-6-4-5-7-16-13/h4-7,9-10H,3,8H2,1-2H3,(H,19,20,23). The average molecular weight is 311 g/mol. The van der Waals surface area contributed by atoms with Gasteiger partial charge in [0.1, 0.15) is 6.33 Å². The van der Waals surface area contributed by atoms with Gasteiger partial charge in [0.2, 0.25) is 5.95 Å². The minimum absolute atomic E-state index is 0.286. The molecule has 1 amide bonds. The van der Waals surface area contributed by atoms with E-state index in [1.54, 1.807) is 21.9 Å². The van der Waals surface area contributed by atoms with Crippen molar-refractivity contribution in [3.05, 3.63) is 48.2 Å². The summed E-state index contributed by atoms with van der Waals surface area (Å²) in [5.41, 5.74) is 1.16. The molecule has 1 N–H and O–H groups in total. The van der Waals surface area contributed by atoms with Gasteiger partial charge in [0.25, 0.3) is 5.91 Å². The highest BCUT2D eigenvalue weighted by Gasteiger charge is 2.17. The predicted molar refractivity (Wildman–Crippen MR) is 84.4 cm³/mol. The number of amides is 1. The Balaban J connectivity index is 1.79. The number of hydrogen-bond donors (Lipinski definition) is 1. The predicted octanol–water partition coefficient (Wildman–Crippen LogP) is 1.83. The topological polar surface area (TPSA) is 90.5 Å². The van der Waals surface area contributed by atoms with Crippen LogP contribution < -0.4 is 5.32 Å². The van der Waals surface area contributed by atoms with Crippen molar-refractivity contribution >= 4 is 11.9 Å². The molecule has 0 radical (unpaired) electrons. The quantitative estimate of drug-likeness (QED) is 0.776. The van der Waals surface area contributed by atoms with E-state index in [9.17, 15) is 4.79 Å². The molecule has 23 heavy (non-hydrogen) atoms. The minimum atomic E-state index is -0.293. The Kier molecular flexibility index (Phi) is 4.13. The molecule has 0 saturated heterocycles. The van der Waals surface area contributed by atoms with Crippen molar-refractivity contribution < 1.29 is 4.79 Å². The summed E-state index contributed by atoms with van der Waals surface area (Å²) in [5.74, 6) is 0.654. The average Bonchev–Trinajstić information content (AvgIpc) is 3.15. The molecule has 0 unspecified atom stereocenters. The lowest BCUT2D eigenvalue weighted by atomic mass is 10.2. The maximum Gasteiger partial charge on any atom is 0.261 e. The third-order valence-corrected chi connectivity index (χ3v) is 3.34. The number of aryl methyl sites for hydroxylation is 1. The van der Waals surface area contributed by atoms with Gasteiger partial charge < -0.3 is 0 Å². The van der Waals surface area contributed by atoms with Crippen LogP contribution in [0.25, 0.3) is 5.82 Å². The molecule has 0 fully saturated rings. The number of rotatable bonds is 5. The number of nitrogens with zero attached hydrogens (tertiary/aromatic N) is 6. The normalized spacial score (nSPS) is 10.7. The van der Waals surface area contributed by atoms with Crippen LogP contribution in [0.3, 0.4) is 0 Å². The lowest BCUT2D eigenvalue weighted by Gasteiger charge is -2.04. The Morgan fingerprint density at radius 3 is 2.91 bits per heavy atom.